The Bertz CT molecular complexity index is 835. The first-order valence-electron chi connectivity index (χ1n) is 7.51. The van der Waals surface area contributed by atoms with E-state index in [4.69, 9.17) is 0 Å². The number of fused-ring (bicyclic) bond motifs is 1. The van der Waals surface area contributed by atoms with Crippen LogP contribution >= 0.6 is 15.9 Å². The zero-order valence-electron chi connectivity index (χ0n) is 12.3. The van der Waals surface area contributed by atoms with Gasteiger partial charge >= 0.3 is 0 Å². The molecule has 1 amide bonds. The number of rotatable bonds is 2. The van der Waals surface area contributed by atoms with Gasteiger partial charge in [-0.2, -0.15) is 5.21 Å². The zero-order chi connectivity index (χ0) is 15.8. The molecule has 0 unspecified atom stereocenters. The van der Waals surface area contributed by atoms with Crippen LogP contribution in [0.5, 0.6) is 0 Å². The van der Waals surface area contributed by atoms with Crippen LogP contribution in [0.25, 0.3) is 10.9 Å². The molecule has 118 valence electrons. The summed E-state index contributed by atoms with van der Waals surface area (Å²) in [6.45, 7) is 1.41. The molecule has 3 aromatic rings. The standard InChI is InChI=1S/C15H15BrN6O/c16-11-1-2-12-10(7-11)8-13(17-12)15(23)22-5-3-9(4-6-22)14-18-20-21-19-14/h1-2,7-9,17H,3-6H2,(H,18,19,20,21). The van der Waals surface area contributed by atoms with E-state index in [2.05, 4.69) is 41.5 Å². The van der Waals surface area contributed by atoms with Crippen LogP contribution in [0.15, 0.2) is 28.7 Å². The fraction of sp³-hybridized carbons (Fsp3) is 0.333. The van der Waals surface area contributed by atoms with E-state index in [1.807, 2.05) is 29.2 Å². The normalized spacial score (nSPS) is 16.1. The second-order valence-corrected chi connectivity index (χ2v) is 6.67. The van der Waals surface area contributed by atoms with Crippen LogP contribution in [0.2, 0.25) is 0 Å². The Morgan fingerprint density at radius 2 is 2.09 bits per heavy atom. The van der Waals surface area contributed by atoms with Gasteiger partial charge in [0, 0.05) is 34.4 Å². The van der Waals surface area contributed by atoms with Crippen molar-refractivity contribution in [2.24, 2.45) is 0 Å². The summed E-state index contributed by atoms with van der Waals surface area (Å²) in [6.07, 6.45) is 1.72. The highest BCUT2D eigenvalue weighted by Crippen LogP contribution is 2.26. The summed E-state index contributed by atoms with van der Waals surface area (Å²) in [6, 6.07) is 7.85. The number of aromatic amines is 2. The third-order valence-electron chi connectivity index (χ3n) is 4.32. The highest BCUT2D eigenvalue weighted by Gasteiger charge is 2.27. The summed E-state index contributed by atoms with van der Waals surface area (Å²) in [5, 5.41) is 15.2. The number of H-pyrrole nitrogens is 2. The summed E-state index contributed by atoms with van der Waals surface area (Å²) in [5.74, 6) is 1.06. The average Bonchev–Trinajstić information content (AvgIpc) is 3.23. The number of aromatic nitrogens is 5. The molecule has 1 fully saturated rings. The smallest absolute Gasteiger partial charge is 0.270 e. The van der Waals surface area contributed by atoms with Gasteiger partial charge in [-0.05, 0) is 37.1 Å². The Labute approximate surface area is 140 Å². The van der Waals surface area contributed by atoms with E-state index >= 15 is 0 Å². The zero-order valence-corrected chi connectivity index (χ0v) is 13.9. The topological polar surface area (TPSA) is 90.6 Å². The maximum atomic E-state index is 12.7. The lowest BCUT2D eigenvalue weighted by Crippen LogP contribution is -2.38. The van der Waals surface area contributed by atoms with E-state index in [1.165, 1.54) is 0 Å². The van der Waals surface area contributed by atoms with Crippen molar-refractivity contribution in [1.29, 1.82) is 0 Å². The lowest BCUT2D eigenvalue weighted by Gasteiger charge is -2.30. The molecule has 0 atom stereocenters. The van der Waals surface area contributed by atoms with Gasteiger partial charge in [-0.25, -0.2) is 0 Å². The summed E-state index contributed by atoms with van der Waals surface area (Å²) >= 11 is 3.45. The van der Waals surface area contributed by atoms with E-state index < -0.39 is 0 Å². The van der Waals surface area contributed by atoms with Gasteiger partial charge in [0.15, 0.2) is 5.82 Å². The molecule has 8 heteroatoms. The summed E-state index contributed by atoms with van der Waals surface area (Å²) in [5.41, 5.74) is 1.61. The summed E-state index contributed by atoms with van der Waals surface area (Å²) in [7, 11) is 0. The van der Waals surface area contributed by atoms with Crippen molar-refractivity contribution in [3.8, 4) is 0 Å². The maximum Gasteiger partial charge on any atom is 0.270 e. The van der Waals surface area contributed by atoms with Crippen LogP contribution < -0.4 is 0 Å². The van der Waals surface area contributed by atoms with Gasteiger partial charge in [-0.3, -0.25) is 4.79 Å². The first-order chi connectivity index (χ1) is 11.2. The predicted molar refractivity (Wildman–Crippen MR) is 88.1 cm³/mol. The highest BCUT2D eigenvalue weighted by molar-refractivity contribution is 9.10. The molecule has 0 radical (unpaired) electrons. The van der Waals surface area contributed by atoms with Crippen molar-refractivity contribution < 1.29 is 4.79 Å². The Balaban J connectivity index is 1.48. The molecule has 1 aliphatic heterocycles. The third-order valence-corrected chi connectivity index (χ3v) is 4.82. The van der Waals surface area contributed by atoms with Crippen LogP contribution in [0.4, 0.5) is 0 Å². The molecular weight excluding hydrogens is 360 g/mol. The minimum atomic E-state index is 0.0453. The lowest BCUT2D eigenvalue weighted by atomic mass is 9.96. The molecule has 0 saturated carbocycles. The average molecular weight is 375 g/mol. The molecule has 2 N–H and O–H groups in total. The van der Waals surface area contributed by atoms with E-state index in [1.54, 1.807) is 0 Å². The molecular formula is C15H15BrN6O. The van der Waals surface area contributed by atoms with Gasteiger partial charge in [0.1, 0.15) is 5.69 Å². The minimum Gasteiger partial charge on any atom is -0.351 e. The van der Waals surface area contributed by atoms with Crippen LogP contribution in [0, 0.1) is 0 Å². The SMILES string of the molecule is O=C(c1cc2cc(Br)ccc2[nH]1)N1CCC(c2nn[nH]n2)CC1. The van der Waals surface area contributed by atoms with Gasteiger partial charge in [0.25, 0.3) is 5.91 Å². The Kier molecular flexibility index (Phi) is 3.60. The van der Waals surface area contributed by atoms with Crippen molar-refractivity contribution in [3.63, 3.8) is 0 Å². The predicted octanol–water partition coefficient (Wildman–Crippen LogP) is 2.46. The van der Waals surface area contributed by atoms with E-state index in [9.17, 15) is 4.79 Å². The number of tetrazole rings is 1. The summed E-state index contributed by atoms with van der Waals surface area (Å²) < 4.78 is 1.00. The number of benzene rings is 1. The monoisotopic (exact) mass is 374 g/mol. The van der Waals surface area contributed by atoms with Crippen molar-refractivity contribution in [2.75, 3.05) is 13.1 Å². The van der Waals surface area contributed by atoms with Crippen molar-refractivity contribution in [2.45, 2.75) is 18.8 Å². The van der Waals surface area contributed by atoms with E-state index in [0.29, 0.717) is 18.8 Å². The molecule has 0 aliphatic carbocycles. The second-order valence-electron chi connectivity index (χ2n) is 5.75. The van der Waals surface area contributed by atoms with E-state index in [0.717, 1.165) is 34.0 Å². The first-order valence-corrected chi connectivity index (χ1v) is 8.31. The van der Waals surface area contributed by atoms with Gasteiger partial charge in [-0.1, -0.05) is 21.1 Å². The number of piperidine rings is 1. The quantitative estimate of drug-likeness (QED) is 0.720. The number of carbonyl (C=O) groups is 1. The molecule has 23 heavy (non-hydrogen) atoms. The number of nitrogens with one attached hydrogen (secondary N) is 2. The Morgan fingerprint density at radius 1 is 1.26 bits per heavy atom. The summed E-state index contributed by atoms with van der Waals surface area (Å²) in [4.78, 5) is 17.8. The van der Waals surface area contributed by atoms with Gasteiger partial charge in [0.05, 0.1) is 0 Å². The molecule has 4 rings (SSSR count). The number of likely N-dealkylation sites (tertiary alicyclic amines) is 1. The molecule has 0 spiro atoms. The van der Waals surface area contributed by atoms with Crippen LogP contribution in [-0.2, 0) is 0 Å². The van der Waals surface area contributed by atoms with Crippen molar-refractivity contribution in [3.05, 3.63) is 40.3 Å². The highest BCUT2D eigenvalue weighted by atomic mass is 79.9. The fourth-order valence-corrected chi connectivity index (χ4v) is 3.45. The molecule has 3 heterocycles. The van der Waals surface area contributed by atoms with Gasteiger partial charge < -0.3 is 9.88 Å². The van der Waals surface area contributed by atoms with Crippen LogP contribution in [0.1, 0.15) is 35.1 Å². The molecule has 7 nitrogen and oxygen atoms in total. The number of hydrogen-bond acceptors (Lipinski definition) is 4. The number of carbonyl (C=O) groups excluding carboxylic acids is 1. The number of hydrogen-bond donors (Lipinski definition) is 2. The van der Waals surface area contributed by atoms with Crippen molar-refractivity contribution in [1.82, 2.24) is 30.5 Å². The maximum absolute atomic E-state index is 12.7. The minimum absolute atomic E-state index is 0.0453. The largest absolute Gasteiger partial charge is 0.351 e. The third kappa shape index (κ3) is 2.74. The molecule has 1 aromatic carbocycles. The first kappa shape index (κ1) is 14.4. The molecule has 1 aliphatic rings. The fourth-order valence-electron chi connectivity index (χ4n) is 3.07. The van der Waals surface area contributed by atoms with Gasteiger partial charge in [0.2, 0.25) is 0 Å². The Morgan fingerprint density at radius 3 is 2.83 bits per heavy atom. The molecule has 2 aromatic heterocycles. The lowest BCUT2D eigenvalue weighted by molar-refractivity contribution is 0.0706. The number of halogens is 1. The van der Waals surface area contributed by atoms with Crippen molar-refractivity contribution >= 4 is 32.7 Å². The number of amides is 1. The van der Waals surface area contributed by atoms with Crippen LogP contribution in [0.3, 0.4) is 0 Å². The Hall–Kier alpha value is -2.22. The van der Waals surface area contributed by atoms with Crippen LogP contribution in [-0.4, -0.2) is 49.5 Å². The molecule has 1 saturated heterocycles. The van der Waals surface area contributed by atoms with E-state index in [-0.39, 0.29) is 11.8 Å². The number of nitrogens with zero attached hydrogens (tertiary/aromatic N) is 4. The molecule has 0 bridgehead atoms. The second kappa shape index (κ2) is 5.77. The van der Waals surface area contributed by atoms with Gasteiger partial charge in [-0.15, -0.1) is 10.2 Å².